The molecule has 2 rings (SSSR count). The zero-order valence-corrected chi connectivity index (χ0v) is 13.0. The second kappa shape index (κ2) is 8.20. The molecule has 0 aliphatic heterocycles. The van der Waals surface area contributed by atoms with Crippen molar-refractivity contribution >= 4 is 5.91 Å². The molecule has 0 aromatic heterocycles. The number of hydrogen-bond donors (Lipinski definition) is 1. The minimum Gasteiger partial charge on any atom is -0.492 e. The number of carbonyl (C=O) groups excluding carboxylic acids is 1. The van der Waals surface area contributed by atoms with Gasteiger partial charge in [0.05, 0.1) is 6.54 Å². The van der Waals surface area contributed by atoms with E-state index < -0.39 is 0 Å². The lowest BCUT2D eigenvalue weighted by Crippen LogP contribution is -2.38. The molecular weight excluding hydrogens is 276 g/mol. The molecule has 22 heavy (non-hydrogen) atoms. The highest BCUT2D eigenvalue weighted by atomic mass is 16.5. The summed E-state index contributed by atoms with van der Waals surface area (Å²) in [5.41, 5.74) is 0.981. The molecule has 0 aliphatic rings. The molecule has 4 heteroatoms. The minimum absolute atomic E-state index is 0.0205. The standard InChI is InChI=1S/C18H22N2O2/c1-20(2)17(15-9-5-3-6-10-15)18(21)19-13-14-22-16-11-7-4-8-12-16/h3-12,17H,13-14H2,1-2H3,(H,19,21). The van der Waals surface area contributed by atoms with Gasteiger partial charge in [-0.1, -0.05) is 48.5 Å². The van der Waals surface area contributed by atoms with Crippen molar-refractivity contribution in [2.45, 2.75) is 6.04 Å². The number of amides is 1. The van der Waals surface area contributed by atoms with Crippen LogP contribution in [0.15, 0.2) is 60.7 Å². The van der Waals surface area contributed by atoms with Gasteiger partial charge in [-0.25, -0.2) is 0 Å². The predicted molar refractivity (Wildman–Crippen MR) is 87.8 cm³/mol. The van der Waals surface area contributed by atoms with Gasteiger partial charge in [-0.2, -0.15) is 0 Å². The number of carbonyl (C=O) groups is 1. The largest absolute Gasteiger partial charge is 0.492 e. The van der Waals surface area contributed by atoms with Crippen LogP contribution < -0.4 is 10.1 Å². The molecule has 0 heterocycles. The zero-order chi connectivity index (χ0) is 15.8. The molecule has 1 unspecified atom stereocenters. The lowest BCUT2D eigenvalue weighted by molar-refractivity contribution is -0.125. The summed E-state index contributed by atoms with van der Waals surface area (Å²) < 4.78 is 5.57. The monoisotopic (exact) mass is 298 g/mol. The van der Waals surface area contributed by atoms with Gasteiger partial charge in [-0.15, -0.1) is 0 Å². The Morgan fingerprint density at radius 2 is 1.64 bits per heavy atom. The van der Waals surface area contributed by atoms with E-state index in [-0.39, 0.29) is 11.9 Å². The normalized spacial score (nSPS) is 12.0. The van der Waals surface area contributed by atoms with E-state index in [9.17, 15) is 4.79 Å². The molecule has 0 radical (unpaired) electrons. The van der Waals surface area contributed by atoms with Crippen LogP contribution in [0.25, 0.3) is 0 Å². The quantitative estimate of drug-likeness (QED) is 0.799. The molecule has 0 aliphatic carbocycles. The maximum atomic E-state index is 12.4. The van der Waals surface area contributed by atoms with Crippen molar-refractivity contribution in [2.24, 2.45) is 0 Å². The third kappa shape index (κ3) is 4.60. The van der Waals surface area contributed by atoms with E-state index in [1.807, 2.05) is 79.7 Å². The Kier molecular flexibility index (Phi) is 5.98. The number of nitrogens with one attached hydrogen (secondary N) is 1. The van der Waals surface area contributed by atoms with Crippen LogP contribution in [0, 0.1) is 0 Å². The number of nitrogens with zero attached hydrogens (tertiary/aromatic N) is 1. The molecule has 0 saturated carbocycles. The van der Waals surface area contributed by atoms with E-state index in [4.69, 9.17) is 4.74 Å². The molecule has 0 saturated heterocycles. The Morgan fingerprint density at radius 3 is 2.23 bits per heavy atom. The molecule has 116 valence electrons. The highest BCUT2D eigenvalue weighted by Crippen LogP contribution is 2.17. The summed E-state index contributed by atoms with van der Waals surface area (Å²) >= 11 is 0. The molecule has 0 fully saturated rings. The zero-order valence-electron chi connectivity index (χ0n) is 13.0. The van der Waals surface area contributed by atoms with E-state index in [2.05, 4.69) is 5.32 Å². The second-order valence-corrected chi connectivity index (χ2v) is 5.23. The Hall–Kier alpha value is -2.33. The van der Waals surface area contributed by atoms with Gasteiger partial charge >= 0.3 is 0 Å². The third-order valence-electron chi connectivity index (χ3n) is 3.29. The van der Waals surface area contributed by atoms with E-state index >= 15 is 0 Å². The van der Waals surface area contributed by atoms with Gasteiger partial charge in [0.25, 0.3) is 0 Å². The summed E-state index contributed by atoms with van der Waals surface area (Å²) in [7, 11) is 3.80. The van der Waals surface area contributed by atoms with Gasteiger partial charge in [0, 0.05) is 0 Å². The summed E-state index contributed by atoms with van der Waals surface area (Å²) in [4.78, 5) is 14.3. The van der Waals surface area contributed by atoms with Crippen LogP contribution in [0.2, 0.25) is 0 Å². The van der Waals surface area contributed by atoms with Crippen molar-refractivity contribution in [3.8, 4) is 5.75 Å². The van der Waals surface area contributed by atoms with Crippen molar-refractivity contribution < 1.29 is 9.53 Å². The van der Waals surface area contributed by atoms with Crippen LogP contribution in [0.3, 0.4) is 0 Å². The van der Waals surface area contributed by atoms with Gasteiger partial charge in [-0.3, -0.25) is 9.69 Å². The Labute approximate surface area is 131 Å². The van der Waals surface area contributed by atoms with E-state index in [1.54, 1.807) is 0 Å². The summed E-state index contributed by atoms with van der Waals surface area (Å²) in [5, 5.41) is 2.93. The SMILES string of the molecule is CN(C)C(C(=O)NCCOc1ccccc1)c1ccccc1. The molecular formula is C18H22N2O2. The first-order valence-electron chi connectivity index (χ1n) is 7.35. The Bertz CT molecular complexity index is 570. The van der Waals surface area contributed by atoms with Gasteiger partial charge in [-0.05, 0) is 31.8 Å². The van der Waals surface area contributed by atoms with Crippen molar-refractivity contribution in [1.82, 2.24) is 10.2 Å². The van der Waals surface area contributed by atoms with Crippen LogP contribution >= 0.6 is 0 Å². The lowest BCUT2D eigenvalue weighted by atomic mass is 10.1. The van der Waals surface area contributed by atoms with Crippen molar-refractivity contribution in [3.63, 3.8) is 0 Å². The third-order valence-corrected chi connectivity index (χ3v) is 3.29. The number of hydrogen-bond acceptors (Lipinski definition) is 3. The van der Waals surface area contributed by atoms with Crippen molar-refractivity contribution in [2.75, 3.05) is 27.2 Å². The first-order valence-corrected chi connectivity index (χ1v) is 7.35. The number of rotatable bonds is 7. The average molecular weight is 298 g/mol. The summed E-state index contributed by atoms with van der Waals surface area (Å²) in [6.45, 7) is 0.926. The Morgan fingerprint density at radius 1 is 1.05 bits per heavy atom. The molecule has 2 aromatic rings. The fourth-order valence-electron chi connectivity index (χ4n) is 2.28. The van der Waals surface area contributed by atoms with E-state index in [0.717, 1.165) is 11.3 Å². The highest BCUT2D eigenvalue weighted by molar-refractivity contribution is 5.83. The fourth-order valence-corrected chi connectivity index (χ4v) is 2.28. The second-order valence-electron chi connectivity index (χ2n) is 5.23. The fraction of sp³-hybridized carbons (Fsp3) is 0.278. The van der Waals surface area contributed by atoms with Crippen LogP contribution in [0.4, 0.5) is 0 Å². The first kappa shape index (κ1) is 16.0. The van der Waals surface area contributed by atoms with Crippen LogP contribution in [-0.4, -0.2) is 38.1 Å². The molecule has 2 aromatic carbocycles. The number of likely N-dealkylation sites (N-methyl/N-ethyl adjacent to an activating group) is 1. The average Bonchev–Trinajstić information content (AvgIpc) is 2.53. The summed E-state index contributed by atoms with van der Waals surface area (Å²) in [6.07, 6.45) is 0. The van der Waals surface area contributed by atoms with Gasteiger partial charge < -0.3 is 10.1 Å². The predicted octanol–water partition coefficient (Wildman–Crippen LogP) is 2.48. The smallest absolute Gasteiger partial charge is 0.242 e. The summed E-state index contributed by atoms with van der Waals surface area (Å²) in [6, 6.07) is 19.0. The first-order chi connectivity index (χ1) is 10.7. The van der Waals surface area contributed by atoms with Crippen molar-refractivity contribution in [3.05, 3.63) is 66.2 Å². The maximum absolute atomic E-state index is 12.4. The molecule has 0 spiro atoms. The van der Waals surface area contributed by atoms with E-state index in [1.165, 1.54) is 0 Å². The molecule has 4 nitrogen and oxygen atoms in total. The molecule has 0 bridgehead atoms. The summed E-state index contributed by atoms with van der Waals surface area (Å²) in [5.74, 6) is 0.789. The maximum Gasteiger partial charge on any atom is 0.242 e. The highest BCUT2D eigenvalue weighted by Gasteiger charge is 2.22. The van der Waals surface area contributed by atoms with Crippen molar-refractivity contribution in [1.29, 1.82) is 0 Å². The number of para-hydroxylation sites is 1. The Balaban J connectivity index is 1.84. The van der Waals surface area contributed by atoms with Gasteiger partial charge in [0.1, 0.15) is 18.4 Å². The number of ether oxygens (including phenoxy) is 1. The topological polar surface area (TPSA) is 41.6 Å². The molecule has 1 N–H and O–H groups in total. The number of benzene rings is 2. The molecule has 1 atom stereocenters. The molecule has 1 amide bonds. The van der Waals surface area contributed by atoms with Crippen LogP contribution in [0.1, 0.15) is 11.6 Å². The van der Waals surface area contributed by atoms with Gasteiger partial charge in [0.2, 0.25) is 5.91 Å². The lowest BCUT2D eigenvalue weighted by Gasteiger charge is -2.23. The van der Waals surface area contributed by atoms with E-state index in [0.29, 0.717) is 13.2 Å². The van der Waals surface area contributed by atoms with Crippen LogP contribution in [0.5, 0.6) is 5.75 Å². The van der Waals surface area contributed by atoms with Gasteiger partial charge in [0.15, 0.2) is 0 Å². The minimum atomic E-state index is -0.294. The van der Waals surface area contributed by atoms with Crippen LogP contribution in [-0.2, 0) is 4.79 Å².